The quantitative estimate of drug-likeness (QED) is 0.643. The Morgan fingerprint density at radius 3 is 2.58 bits per heavy atom. The zero-order chi connectivity index (χ0) is 18.9. The van der Waals surface area contributed by atoms with Crippen LogP contribution >= 0.6 is 0 Å². The molecule has 1 saturated heterocycles. The van der Waals surface area contributed by atoms with Crippen LogP contribution in [0.4, 0.5) is 4.79 Å². The van der Waals surface area contributed by atoms with Crippen molar-refractivity contribution in [3.63, 3.8) is 0 Å². The zero-order valence-corrected chi connectivity index (χ0v) is 14.6. The lowest BCUT2D eigenvalue weighted by molar-refractivity contribution is 0.0254. The summed E-state index contributed by atoms with van der Waals surface area (Å²) in [5.41, 5.74) is 0.550. The lowest BCUT2D eigenvalue weighted by Gasteiger charge is -2.38. The smallest absolute Gasteiger partial charge is 0.410 e. The highest BCUT2D eigenvalue weighted by molar-refractivity contribution is 5.68. The van der Waals surface area contributed by atoms with Gasteiger partial charge in [0, 0.05) is 19.6 Å². The minimum atomic E-state index is -0.510. The van der Waals surface area contributed by atoms with Gasteiger partial charge in [-0.05, 0) is 18.4 Å². The average Bonchev–Trinajstić information content (AvgIpc) is 2.68. The van der Waals surface area contributed by atoms with Gasteiger partial charge in [0.25, 0.3) is 0 Å². The van der Waals surface area contributed by atoms with Crippen LogP contribution in [-0.2, 0) is 16.1 Å². The van der Waals surface area contributed by atoms with Gasteiger partial charge in [-0.15, -0.1) is 0 Å². The number of methoxy groups -OCH3 is 1. The van der Waals surface area contributed by atoms with E-state index in [2.05, 4.69) is 0 Å². The Bertz CT molecular complexity index is 717. The third-order valence-corrected chi connectivity index (χ3v) is 4.37. The summed E-state index contributed by atoms with van der Waals surface area (Å²) < 4.78 is 10.6. The number of nitriles is 2. The van der Waals surface area contributed by atoms with Crippen LogP contribution in [0.3, 0.4) is 0 Å². The van der Waals surface area contributed by atoms with Crippen LogP contribution in [0.1, 0.15) is 18.4 Å². The Morgan fingerprint density at radius 1 is 1.27 bits per heavy atom. The number of amides is 1. The fourth-order valence-corrected chi connectivity index (χ4v) is 2.99. The van der Waals surface area contributed by atoms with Gasteiger partial charge in [0.05, 0.1) is 12.6 Å². The summed E-state index contributed by atoms with van der Waals surface area (Å²) >= 11 is 0. The molecule has 1 aliphatic heterocycles. The Morgan fingerprint density at radius 2 is 1.96 bits per heavy atom. The molecule has 2 rings (SSSR count). The maximum Gasteiger partial charge on any atom is 0.410 e. The molecule has 1 aromatic rings. The highest BCUT2D eigenvalue weighted by Gasteiger charge is 2.35. The van der Waals surface area contributed by atoms with E-state index in [9.17, 15) is 9.90 Å². The van der Waals surface area contributed by atoms with Crippen molar-refractivity contribution < 1.29 is 19.4 Å². The van der Waals surface area contributed by atoms with Gasteiger partial charge in [-0.25, -0.2) is 4.79 Å². The third-order valence-electron chi connectivity index (χ3n) is 4.37. The van der Waals surface area contributed by atoms with Gasteiger partial charge in [0.1, 0.15) is 24.5 Å². The van der Waals surface area contributed by atoms with E-state index in [1.165, 1.54) is 4.90 Å². The fraction of sp³-hybridized carbons (Fsp3) is 0.421. The van der Waals surface area contributed by atoms with Crippen molar-refractivity contribution in [3.8, 4) is 12.1 Å². The van der Waals surface area contributed by atoms with Gasteiger partial charge in [-0.3, -0.25) is 0 Å². The number of piperidine rings is 1. The predicted molar refractivity (Wildman–Crippen MR) is 92.6 cm³/mol. The molecule has 1 aromatic carbocycles. The van der Waals surface area contributed by atoms with Crippen LogP contribution in [0.15, 0.2) is 41.7 Å². The van der Waals surface area contributed by atoms with E-state index in [1.807, 2.05) is 30.3 Å². The molecule has 136 valence electrons. The molecule has 7 nitrogen and oxygen atoms in total. The Kier molecular flexibility index (Phi) is 7.02. The summed E-state index contributed by atoms with van der Waals surface area (Å²) in [6.07, 6.45) is 0.617. The molecule has 0 radical (unpaired) electrons. The highest BCUT2D eigenvalue weighted by Crippen LogP contribution is 2.28. The zero-order valence-electron chi connectivity index (χ0n) is 14.6. The van der Waals surface area contributed by atoms with E-state index < -0.39 is 12.0 Å². The number of benzene rings is 1. The van der Waals surface area contributed by atoms with E-state index >= 15 is 0 Å². The first-order valence-electron chi connectivity index (χ1n) is 8.30. The van der Waals surface area contributed by atoms with Crippen LogP contribution in [0.5, 0.6) is 0 Å². The molecule has 1 aliphatic rings. The van der Waals surface area contributed by atoms with E-state index in [1.54, 1.807) is 19.2 Å². The molecule has 0 spiro atoms. The number of carbonyl (C=O) groups is 1. The number of carbonyl (C=O) groups excluding carboxylic acids is 1. The summed E-state index contributed by atoms with van der Waals surface area (Å²) in [6.45, 7) is 0.658. The minimum Gasteiger partial charge on any atom is -0.510 e. The fourth-order valence-electron chi connectivity index (χ4n) is 2.99. The van der Waals surface area contributed by atoms with Crippen molar-refractivity contribution in [1.82, 2.24) is 4.90 Å². The molecular formula is C19H21N3O4. The number of rotatable bonds is 5. The SMILES string of the molecule is COCC1CCC(C(O)=C(C#N)C#N)CN1C(=O)OCc1ccccc1. The van der Waals surface area contributed by atoms with Gasteiger partial charge < -0.3 is 19.5 Å². The predicted octanol–water partition coefficient (Wildman–Crippen LogP) is 2.91. The van der Waals surface area contributed by atoms with Gasteiger partial charge >= 0.3 is 6.09 Å². The molecule has 1 amide bonds. The monoisotopic (exact) mass is 355 g/mol. The van der Waals surface area contributed by atoms with Crippen LogP contribution in [0.2, 0.25) is 0 Å². The second-order valence-corrected chi connectivity index (χ2v) is 6.06. The van der Waals surface area contributed by atoms with Crippen LogP contribution < -0.4 is 0 Å². The number of ether oxygens (including phenoxy) is 2. The van der Waals surface area contributed by atoms with Crippen molar-refractivity contribution in [2.24, 2.45) is 5.92 Å². The van der Waals surface area contributed by atoms with E-state index in [0.717, 1.165) is 5.56 Å². The van der Waals surface area contributed by atoms with E-state index in [0.29, 0.717) is 19.4 Å². The van der Waals surface area contributed by atoms with Gasteiger partial charge in [0.2, 0.25) is 0 Å². The van der Waals surface area contributed by atoms with Crippen LogP contribution in [-0.4, -0.2) is 42.4 Å². The maximum absolute atomic E-state index is 12.6. The van der Waals surface area contributed by atoms with Gasteiger partial charge in [-0.2, -0.15) is 10.5 Å². The first-order valence-corrected chi connectivity index (χ1v) is 8.30. The summed E-state index contributed by atoms with van der Waals surface area (Å²) in [5, 5.41) is 28.0. The molecule has 0 aliphatic carbocycles. The standard InChI is InChI=1S/C19H21N3O4/c1-25-13-17-8-7-15(18(23)16(9-20)10-21)11-22(17)19(24)26-12-14-5-3-2-4-6-14/h2-6,15,17,23H,7-8,11-13H2,1H3. The molecule has 0 saturated carbocycles. The number of hydrogen-bond acceptors (Lipinski definition) is 6. The van der Waals surface area contributed by atoms with Crippen molar-refractivity contribution in [3.05, 3.63) is 47.2 Å². The lowest BCUT2D eigenvalue weighted by atomic mass is 9.90. The first kappa shape index (κ1) is 19.3. The molecule has 7 heteroatoms. The number of likely N-dealkylation sites (tertiary alicyclic amines) is 1. The Labute approximate surface area is 152 Å². The number of hydrogen-bond donors (Lipinski definition) is 1. The molecule has 1 N–H and O–H groups in total. The number of aliphatic hydroxyl groups excluding tert-OH is 1. The van der Waals surface area contributed by atoms with Crippen molar-refractivity contribution in [2.45, 2.75) is 25.5 Å². The van der Waals surface area contributed by atoms with Crippen molar-refractivity contribution >= 4 is 6.09 Å². The topological polar surface area (TPSA) is 107 Å². The molecule has 0 bridgehead atoms. The summed E-state index contributed by atoms with van der Waals surface area (Å²) in [5.74, 6) is -0.742. The number of nitrogens with zero attached hydrogens (tertiary/aromatic N) is 3. The molecule has 26 heavy (non-hydrogen) atoms. The van der Waals surface area contributed by atoms with Crippen molar-refractivity contribution in [2.75, 3.05) is 20.3 Å². The van der Waals surface area contributed by atoms with Crippen molar-refractivity contribution in [1.29, 1.82) is 10.5 Å². The highest BCUT2D eigenvalue weighted by atomic mass is 16.6. The lowest BCUT2D eigenvalue weighted by Crippen LogP contribution is -2.49. The van der Waals surface area contributed by atoms with Crippen LogP contribution in [0, 0.1) is 28.6 Å². The largest absolute Gasteiger partial charge is 0.510 e. The Hall–Kier alpha value is -3.03. The van der Waals surface area contributed by atoms with E-state index in [4.69, 9.17) is 20.0 Å². The summed E-state index contributed by atoms with van der Waals surface area (Å²) in [6, 6.07) is 12.5. The second-order valence-electron chi connectivity index (χ2n) is 6.06. The van der Waals surface area contributed by atoms with E-state index in [-0.39, 0.29) is 30.5 Å². The van der Waals surface area contributed by atoms with Crippen LogP contribution in [0.25, 0.3) is 0 Å². The first-order chi connectivity index (χ1) is 12.6. The summed E-state index contributed by atoms with van der Waals surface area (Å²) in [7, 11) is 1.56. The molecular weight excluding hydrogens is 334 g/mol. The average molecular weight is 355 g/mol. The summed E-state index contributed by atoms with van der Waals surface area (Å²) in [4.78, 5) is 14.1. The third kappa shape index (κ3) is 4.75. The second kappa shape index (κ2) is 9.45. The maximum atomic E-state index is 12.6. The van der Waals surface area contributed by atoms with Gasteiger partial charge in [0.15, 0.2) is 5.57 Å². The molecule has 0 aromatic heterocycles. The minimum absolute atomic E-state index is 0.143. The normalized spacial score (nSPS) is 19.1. The molecule has 1 fully saturated rings. The molecule has 1 heterocycles. The van der Waals surface area contributed by atoms with Gasteiger partial charge in [-0.1, -0.05) is 30.3 Å². The Balaban J connectivity index is 2.10. The number of allylic oxidation sites excluding steroid dienone is 1. The number of aliphatic hydroxyl groups is 1. The molecule has 2 unspecified atom stereocenters. The molecule has 2 atom stereocenters.